The van der Waals surface area contributed by atoms with Gasteiger partial charge in [-0.1, -0.05) is 30.0 Å². The fourth-order valence-electron chi connectivity index (χ4n) is 2.92. The van der Waals surface area contributed by atoms with Crippen LogP contribution < -0.4 is 0 Å². The van der Waals surface area contributed by atoms with Gasteiger partial charge in [0.2, 0.25) is 0 Å². The predicted molar refractivity (Wildman–Crippen MR) is 95.7 cm³/mol. The van der Waals surface area contributed by atoms with Crippen molar-refractivity contribution >= 4 is 28.9 Å². The molecule has 0 saturated heterocycles. The zero-order chi connectivity index (χ0) is 16.5. The number of aromatic nitrogens is 2. The molecule has 1 aromatic carbocycles. The Hall–Kier alpha value is -1.92. The molecule has 0 spiro atoms. The number of carbonyl (C=O) groups is 1. The molecule has 0 N–H and O–H groups in total. The van der Waals surface area contributed by atoms with E-state index in [9.17, 15) is 4.79 Å². The summed E-state index contributed by atoms with van der Waals surface area (Å²) >= 11 is 2.86. The number of nitrogens with zero attached hydrogens (tertiary/aromatic N) is 2. The Labute approximate surface area is 148 Å². The van der Waals surface area contributed by atoms with Gasteiger partial charge in [0.05, 0.1) is 10.1 Å². The molecule has 3 aromatic rings. The number of rotatable bonds is 5. The number of aryl methyl sites for hydroxylation is 2. The van der Waals surface area contributed by atoms with Crippen molar-refractivity contribution in [3.05, 3.63) is 52.4 Å². The summed E-state index contributed by atoms with van der Waals surface area (Å²) in [5, 5.41) is 10.2. The van der Waals surface area contributed by atoms with Crippen molar-refractivity contribution in [3.63, 3.8) is 0 Å². The molecule has 1 atom stereocenters. The second kappa shape index (κ2) is 6.53. The van der Waals surface area contributed by atoms with Crippen LogP contribution >= 0.6 is 23.1 Å². The van der Waals surface area contributed by atoms with Gasteiger partial charge in [-0.2, -0.15) is 0 Å². The SMILES string of the molecule is CC(Sc1nnc(-c2cccs2)o1)C(=O)c1ccc2c(c1)CCC2. The molecule has 1 aliphatic rings. The molecule has 0 saturated carbocycles. The van der Waals surface area contributed by atoms with Crippen molar-refractivity contribution in [2.75, 3.05) is 0 Å². The van der Waals surface area contributed by atoms with E-state index in [-0.39, 0.29) is 11.0 Å². The van der Waals surface area contributed by atoms with Crippen LogP contribution in [-0.4, -0.2) is 21.2 Å². The molecule has 4 nitrogen and oxygen atoms in total. The maximum atomic E-state index is 12.7. The van der Waals surface area contributed by atoms with Crippen molar-refractivity contribution in [1.29, 1.82) is 0 Å². The van der Waals surface area contributed by atoms with Crippen LogP contribution in [0.25, 0.3) is 10.8 Å². The minimum atomic E-state index is -0.263. The standard InChI is InChI=1S/C18H16N2O2S2/c1-11(16(21)14-8-7-12-4-2-5-13(12)10-14)24-18-20-19-17(22-18)15-6-3-9-23-15/h3,6-11H,2,4-5H2,1H3. The average Bonchev–Trinajstić information content (AvgIpc) is 3.33. The van der Waals surface area contributed by atoms with Crippen LogP contribution in [0.3, 0.4) is 0 Å². The van der Waals surface area contributed by atoms with Crippen LogP contribution in [0, 0.1) is 0 Å². The molecule has 4 rings (SSSR count). The number of fused-ring (bicyclic) bond motifs is 1. The fraction of sp³-hybridized carbons (Fsp3) is 0.278. The van der Waals surface area contributed by atoms with E-state index in [2.05, 4.69) is 16.3 Å². The van der Waals surface area contributed by atoms with Crippen LogP contribution in [0.15, 0.2) is 45.4 Å². The topological polar surface area (TPSA) is 56.0 Å². The first-order valence-electron chi connectivity index (χ1n) is 7.91. The molecule has 6 heteroatoms. The average molecular weight is 356 g/mol. The van der Waals surface area contributed by atoms with Crippen LogP contribution in [0.5, 0.6) is 0 Å². The fourth-order valence-corrected chi connectivity index (χ4v) is 4.33. The second-order valence-corrected chi connectivity index (χ2v) is 8.05. The Morgan fingerprint density at radius 3 is 2.96 bits per heavy atom. The number of ketones is 1. The van der Waals surface area contributed by atoms with Gasteiger partial charge in [-0.3, -0.25) is 4.79 Å². The lowest BCUT2D eigenvalue weighted by Gasteiger charge is -2.09. The molecule has 2 heterocycles. The van der Waals surface area contributed by atoms with E-state index in [0.717, 1.165) is 23.3 Å². The summed E-state index contributed by atoms with van der Waals surface area (Å²) in [5.74, 6) is 0.607. The van der Waals surface area contributed by atoms with Gasteiger partial charge in [0, 0.05) is 5.56 Å². The molecule has 1 unspecified atom stereocenters. The van der Waals surface area contributed by atoms with Crippen molar-refractivity contribution in [1.82, 2.24) is 10.2 Å². The predicted octanol–water partition coefficient (Wildman–Crippen LogP) is 4.65. The first-order valence-corrected chi connectivity index (χ1v) is 9.67. The quantitative estimate of drug-likeness (QED) is 0.492. The third kappa shape index (κ3) is 3.03. The molecule has 24 heavy (non-hydrogen) atoms. The summed E-state index contributed by atoms with van der Waals surface area (Å²) in [6, 6.07) is 9.96. The first-order chi connectivity index (χ1) is 11.7. The summed E-state index contributed by atoms with van der Waals surface area (Å²) in [7, 11) is 0. The number of carbonyl (C=O) groups excluding carboxylic acids is 1. The maximum absolute atomic E-state index is 12.7. The van der Waals surface area contributed by atoms with Gasteiger partial charge in [-0.05, 0) is 54.8 Å². The molecule has 2 aromatic heterocycles. The normalized spacial score (nSPS) is 14.5. The molecule has 0 radical (unpaired) electrons. The van der Waals surface area contributed by atoms with Crippen molar-refractivity contribution in [3.8, 4) is 10.8 Å². The highest BCUT2D eigenvalue weighted by Crippen LogP contribution is 2.30. The van der Waals surface area contributed by atoms with Gasteiger partial charge in [-0.25, -0.2) is 0 Å². The number of hydrogen-bond donors (Lipinski definition) is 0. The molecule has 0 fully saturated rings. The number of thioether (sulfide) groups is 1. The highest BCUT2D eigenvalue weighted by Gasteiger charge is 2.22. The van der Waals surface area contributed by atoms with Gasteiger partial charge >= 0.3 is 0 Å². The van der Waals surface area contributed by atoms with Crippen LogP contribution in [0.4, 0.5) is 0 Å². The van der Waals surface area contributed by atoms with E-state index < -0.39 is 0 Å². The van der Waals surface area contributed by atoms with Crippen LogP contribution in [0.1, 0.15) is 34.8 Å². The Balaban J connectivity index is 1.48. The van der Waals surface area contributed by atoms with Gasteiger partial charge in [0.25, 0.3) is 11.1 Å². The highest BCUT2D eigenvalue weighted by molar-refractivity contribution is 8.00. The van der Waals surface area contributed by atoms with Crippen molar-refractivity contribution in [2.45, 2.75) is 36.7 Å². The molecular formula is C18H16N2O2S2. The summed E-state index contributed by atoms with van der Waals surface area (Å²) in [6.07, 6.45) is 3.39. The van der Waals surface area contributed by atoms with Crippen molar-refractivity contribution in [2.24, 2.45) is 0 Å². The lowest BCUT2D eigenvalue weighted by atomic mass is 10.0. The lowest BCUT2D eigenvalue weighted by molar-refractivity contribution is 0.0993. The number of Topliss-reactive ketones (excluding diaryl/α,β-unsaturated/α-hetero) is 1. The van der Waals surface area contributed by atoms with E-state index in [1.54, 1.807) is 11.3 Å². The molecule has 122 valence electrons. The monoisotopic (exact) mass is 356 g/mol. The Morgan fingerprint density at radius 2 is 2.12 bits per heavy atom. The van der Waals surface area contributed by atoms with Crippen molar-refractivity contribution < 1.29 is 9.21 Å². The van der Waals surface area contributed by atoms with Crippen LogP contribution in [-0.2, 0) is 12.8 Å². The molecule has 1 aliphatic carbocycles. The minimum Gasteiger partial charge on any atom is -0.410 e. The van der Waals surface area contributed by atoms with E-state index in [0.29, 0.717) is 11.1 Å². The number of benzene rings is 1. The van der Waals surface area contributed by atoms with E-state index in [1.807, 2.05) is 36.6 Å². The minimum absolute atomic E-state index is 0.102. The zero-order valence-electron chi connectivity index (χ0n) is 13.2. The van der Waals surface area contributed by atoms with E-state index in [4.69, 9.17) is 4.42 Å². The second-order valence-electron chi connectivity index (χ2n) is 5.81. The Morgan fingerprint density at radius 1 is 1.25 bits per heavy atom. The third-order valence-electron chi connectivity index (χ3n) is 4.17. The lowest BCUT2D eigenvalue weighted by Crippen LogP contribution is -2.13. The van der Waals surface area contributed by atoms with Gasteiger partial charge < -0.3 is 4.42 Å². The van der Waals surface area contributed by atoms with Gasteiger partial charge in [0.15, 0.2) is 5.78 Å². The highest BCUT2D eigenvalue weighted by atomic mass is 32.2. The van der Waals surface area contributed by atoms with Gasteiger partial charge in [-0.15, -0.1) is 21.5 Å². The summed E-state index contributed by atoms with van der Waals surface area (Å²) in [6.45, 7) is 1.88. The molecule has 0 bridgehead atoms. The summed E-state index contributed by atoms with van der Waals surface area (Å²) in [5.41, 5.74) is 3.47. The number of hydrogen-bond acceptors (Lipinski definition) is 6. The zero-order valence-corrected chi connectivity index (χ0v) is 14.8. The Bertz CT molecular complexity index is 871. The summed E-state index contributed by atoms with van der Waals surface area (Å²) in [4.78, 5) is 13.6. The van der Waals surface area contributed by atoms with Gasteiger partial charge in [0.1, 0.15) is 0 Å². The largest absolute Gasteiger partial charge is 0.410 e. The molecular weight excluding hydrogens is 340 g/mol. The Kier molecular flexibility index (Phi) is 4.24. The smallest absolute Gasteiger partial charge is 0.277 e. The molecule has 0 aliphatic heterocycles. The van der Waals surface area contributed by atoms with E-state index >= 15 is 0 Å². The molecule has 0 amide bonds. The maximum Gasteiger partial charge on any atom is 0.277 e. The number of thiophene rings is 1. The first kappa shape index (κ1) is 15.6. The third-order valence-corrected chi connectivity index (χ3v) is 5.96. The van der Waals surface area contributed by atoms with Crippen LogP contribution in [0.2, 0.25) is 0 Å². The summed E-state index contributed by atoms with van der Waals surface area (Å²) < 4.78 is 5.66. The van der Waals surface area contributed by atoms with E-state index in [1.165, 1.54) is 29.3 Å².